The summed E-state index contributed by atoms with van der Waals surface area (Å²) in [5.74, 6) is 0. The number of hydrogen-bond acceptors (Lipinski definition) is 15. The molecule has 9 rings (SSSR count). The Morgan fingerprint density at radius 3 is 1.42 bits per heavy atom. The van der Waals surface area contributed by atoms with Gasteiger partial charge in [0.15, 0.2) is 0 Å². The maximum absolute atomic E-state index is 13.9. The van der Waals surface area contributed by atoms with Crippen molar-refractivity contribution in [1.82, 2.24) is 41.1 Å². The zero-order valence-corrected chi connectivity index (χ0v) is 33.9. The number of hydrogen-bond donors (Lipinski definition) is 0. The Kier molecular flexibility index (Phi) is 10.8. The lowest BCUT2D eigenvalue weighted by molar-refractivity contribution is 0.204. The lowest BCUT2D eigenvalue weighted by atomic mass is 10.0. The highest BCUT2D eigenvalue weighted by atomic mass is 16.7. The second-order valence-corrected chi connectivity index (χ2v) is 16.5. The summed E-state index contributed by atoms with van der Waals surface area (Å²) in [6, 6.07) is 0. The number of rotatable bonds is 22. The van der Waals surface area contributed by atoms with Gasteiger partial charge in [-0.25, -0.2) is 84.3 Å². The van der Waals surface area contributed by atoms with E-state index in [2.05, 4.69) is 13.2 Å². The molecule has 0 N–H and O–H groups in total. The maximum atomic E-state index is 13.9. The third-order valence-corrected chi connectivity index (χ3v) is 12.0. The van der Waals surface area contributed by atoms with Crippen LogP contribution < -0.4 is 51.2 Å². The number of allylic oxidation sites excluding steroid dienone is 2. The van der Waals surface area contributed by atoms with E-state index in [-0.39, 0.29) is 77.7 Å². The quantitative estimate of drug-likeness (QED) is 0.0676. The zero-order valence-electron chi connectivity index (χ0n) is 33.9. The van der Waals surface area contributed by atoms with Crippen LogP contribution in [0.25, 0.3) is 0 Å². The van der Waals surface area contributed by atoms with E-state index in [4.69, 9.17) is 28.4 Å². The van der Waals surface area contributed by atoms with Crippen molar-refractivity contribution in [2.24, 2.45) is 0 Å². The summed E-state index contributed by atoms with van der Waals surface area (Å²) in [6.45, 7) is 8.98. The van der Waals surface area contributed by atoms with E-state index in [1.54, 1.807) is 6.08 Å². The average molecular weight is 870 g/mol. The summed E-state index contributed by atoms with van der Waals surface area (Å²) in [7, 11) is 0. The molecular weight excluding hydrogens is 822 g/mol. The third-order valence-electron chi connectivity index (χ3n) is 12.0. The molecule has 3 aromatic heterocycles. The maximum Gasteiger partial charge on any atom is 0.336 e. The topological polar surface area (TPSA) is 273 Å². The van der Waals surface area contributed by atoms with Gasteiger partial charge in [-0.1, -0.05) is 25.5 Å². The van der Waals surface area contributed by atoms with Crippen molar-refractivity contribution >= 4 is 0 Å². The van der Waals surface area contributed by atoms with Gasteiger partial charge in [0.05, 0.1) is 77.8 Å². The summed E-state index contributed by atoms with van der Waals surface area (Å²) in [5, 5.41) is 0. The van der Waals surface area contributed by atoms with Crippen LogP contribution >= 0.6 is 0 Å². The van der Waals surface area contributed by atoms with Crippen LogP contribution in [0.3, 0.4) is 0 Å². The lowest BCUT2D eigenvalue weighted by Crippen LogP contribution is -2.56. The molecule has 0 spiro atoms. The largest absolute Gasteiger partial charge is 0.371 e. The summed E-state index contributed by atoms with van der Waals surface area (Å²) in [5.41, 5.74) is -8.52. The van der Waals surface area contributed by atoms with E-state index in [0.29, 0.717) is 32.5 Å². The van der Waals surface area contributed by atoms with Crippen LogP contribution in [0.1, 0.15) is 26.2 Å². The molecule has 6 fully saturated rings. The number of aromatic nitrogens is 9. The van der Waals surface area contributed by atoms with E-state index in [1.165, 1.54) is 6.08 Å². The van der Waals surface area contributed by atoms with Crippen molar-refractivity contribution in [2.75, 3.05) is 19.8 Å². The molecule has 9 unspecified atom stereocenters. The first kappa shape index (κ1) is 41.8. The Balaban J connectivity index is 0.906. The summed E-state index contributed by atoms with van der Waals surface area (Å²) in [6.07, 6.45) is -0.282. The van der Waals surface area contributed by atoms with Gasteiger partial charge < -0.3 is 28.4 Å². The van der Waals surface area contributed by atoms with E-state index >= 15 is 0 Å². The normalized spacial score (nSPS) is 28.7. The first-order valence-electron chi connectivity index (χ1n) is 20.7. The summed E-state index contributed by atoms with van der Waals surface area (Å²) < 4.78 is 42.2. The number of nitrogens with zero attached hydrogens (tertiary/aromatic N) is 9. The highest BCUT2D eigenvalue weighted by Gasteiger charge is 2.64. The Morgan fingerprint density at radius 1 is 0.548 bits per heavy atom. The van der Waals surface area contributed by atoms with Crippen molar-refractivity contribution < 1.29 is 28.4 Å². The van der Waals surface area contributed by atoms with Gasteiger partial charge in [0.2, 0.25) is 0 Å². The Labute approximate surface area is 348 Å². The van der Waals surface area contributed by atoms with Crippen molar-refractivity contribution in [3.8, 4) is 0 Å². The monoisotopic (exact) mass is 869 g/mol. The molecule has 6 aliphatic heterocycles. The van der Waals surface area contributed by atoms with E-state index in [9.17, 15) is 43.2 Å². The molecule has 0 aliphatic carbocycles. The Morgan fingerprint density at radius 2 is 0.968 bits per heavy atom. The van der Waals surface area contributed by atoms with Crippen LogP contribution in [0, 0.1) is 0 Å². The second-order valence-electron chi connectivity index (χ2n) is 16.5. The number of ether oxygens (including phenoxy) is 6. The van der Waals surface area contributed by atoms with Crippen molar-refractivity contribution in [2.45, 2.75) is 140 Å². The molecule has 0 amide bonds. The molecule has 24 heteroatoms. The van der Waals surface area contributed by atoms with Gasteiger partial charge in [-0.05, 0) is 12.8 Å². The molecule has 9 atom stereocenters. The van der Waals surface area contributed by atoms with Crippen LogP contribution in [0.4, 0.5) is 0 Å². The zero-order chi connectivity index (χ0) is 43.8. The number of epoxide rings is 6. The van der Waals surface area contributed by atoms with Gasteiger partial charge in [0.25, 0.3) is 0 Å². The molecule has 6 aliphatic rings. The second kappa shape index (κ2) is 16.0. The molecular formula is C38H47N9O15. The van der Waals surface area contributed by atoms with Gasteiger partial charge >= 0.3 is 51.2 Å². The summed E-state index contributed by atoms with van der Waals surface area (Å²) >= 11 is 0. The van der Waals surface area contributed by atoms with Gasteiger partial charge in [0, 0.05) is 13.1 Å². The fourth-order valence-electron chi connectivity index (χ4n) is 8.10. The fraction of sp³-hybridized carbons (Fsp3) is 0.658. The van der Waals surface area contributed by atoms with Crippen LogP contribution in [-0.2, 0) is 87.3 Å². The fourth-order valence-corrected chi connectivity index (χ4v) is 8.10. The van der Waals surface area contributed by atoms with Gasteiger partial charge in [-0.2, -0.15) is 0 Å². The molecule has 334 valence electrons. The standard InChI is InChI=1S/C38H47N9O15/c1-4-7-10-40-31(50)42(12-21-17-57-21)35(54)45(33(40)52)15-24-27(61-24)26-23(60-26)14-44-29(48)39(9-6-3)30(49)46(36(44)55)16-25-28(62-25)38(20-59-38)19-47-34(53)41(11-8-5-2)32(51)43(37(47)56)13-22-18-58-22/h4,6,21-28H,1,3,5,7-20H2,2H3. The minimum Gasteiger partial charge on any atom is -0.371 e. The molecule has 0 saturated carbocycles. The van der Waals surface area contributed by atoms with Crippen molar-refractivity contribution in [1.29, 1.82) is 0 Å². The van der Waals surface area contributed by atoms with Crippen LogP contribution in [-0.4, -0.2) is 115 Å². The SMILES string of the molecule is C=CCCn1c(=O)n(CC2CO2)c(=O)n(CC2OC2C2OC2Cn2c(=O)n(CC=C)c(=O)n(CC3OC3C3(Cn4c(=O)n(CCCC)c(=O)n(CC5CO5)c4=O)CO3)c2=O)c1=O. The molecule has 62 heavy (non-hydrogen) atoms. The van der Waals surface area contributed by atoms with E-state index in [0.717, 1.165) is 41.1 Å². The van der Waals surface area contributed by atoms with Crippen LogP contribution in [0.2, 0.25) is 0 Å². The summed E-state index contributed by atoms with van der Waals surface area (Å²) in [4.78, 5) is 121. The van der Waals surface area contributed by atoms with Crippen molar-refractivity contribution in [3.05, 3.63) is 120 Å². The molecule has 24 nitrogen and oxygen atoms in total. The molecule has 6 saturated heterocycles. The van der Waals surface area contributed by atoms with E-state index < -0.39 is 93.4 Å². The van der Waals surface area contributed by atoms with E-state index in [1.807, 2.05) is 6.92 Å². The van der Waals surface area contributed by atoms with Crippen molar-refractivity contribution in [3.63, 3.8) is 0 Å². The molecule has 3 aromatic rings. The van der Waals surface area contributed by atoms with Gasteiger partial charge in [-0.3, -0.25) is 0 Å². The minimum absolute atomic E-state index is 0.00518. The van der Waals surface area contributed by atoms with Crippen LogP contribution in [0.15, 0.2) is 68.5 Å². The Hall–Kier alpha value is -5.53. The molecule has 9 heterocycles. The van der Waals surface area contributed by atoms with Gasteiger partial charge in [-0.15, -0.1) is 13.2 Å². The lowest BCUT2D eigenvalue weighted by Gasteiger charge is -2.16. The minimum atomic E-state index is -1.16. The molecule has 0 radical (unpaired) electrons. The first-order valence-corrected chi connectivity index (χ1v) is 20.7. The predicted octanol–water partition coefficient (Wildman–Crippen LogP) is -5.03. The first-order chi connectivity index (χ1) is 29.8. The smallest absolute Gasteiger partial charge is 0.336 e. The number of unbranched alkanes of at least 4 members (excludes halogenated alkanes) is 1. The van der Waals surface area contributed by atoms with Crippen LogP contribution in [0.5, 0.6) is 0 Å². The molecule has 0 aromatic carbocycles. The molecule has 0 bridgehead atoms. The van der Waals surface area contributed by atoms with Gasteiger partial charge in [0.1, 0.15) is 42.2 Å². The highest BCUT2D eigenvalue weighted by molar-refractivity contribution is 5.10. The highest BCUT2D eigenvalue weighted by Crippen LogP contribution is 2.45. The average Bonchev–Trinajstić information content (AvgIpc) is 4.02. The Bertz CT molecular complexity index is 2880. The third kappa shape index (κ3) is 7.78. The predicted molar refractivity (Wildman–Crippen MR) is 212 cm³/mol.